The van der Waals surface area contributed by atoms with Crippen LogP contribution >= 0.6 is 35.0 Å². The minimum absolute atomic E-state index is 0.192. The maximum Gasteiger partial charge on any atom is 0.327 e. The number of nitrogens with zero attached hydrogens (tertiary/aromatic N) is 1. The van der Waals surface area contributed by atoms with Crippen LogP contribution in [0.3, 0.4) is 0 Å². The van der Waals surface area contributed by atoms with Crippen molar-refractivity contribution in [3.8, 4) is 5.75 Å². The average molecular weight is 350 g/mol. The lowest BCUT2D eigenvalue weighted by Gasteiger charge is -2.25. The summed E-state index contributed by atoms with van der Waals surface area (Å²) in [7, 11) is 0. The van der Waals surface area contributed by atoms with Gasteiger partial charge in [0, 0.05) is 10.8 Å². The molecule has 0 aromatic heterocycles. The number of hydrogen-bond donors (Lipinski definition) is 1. The summed E-state index contributed by atoms with van der Waals surface area (Å²) < 4.78 is 5.36. The topological polar surface area (TPSA) is 66.8 Å². The molecule has 0 aliphatic carbocycles. The van der Waals surface area contributed by atoms with Crippen LogP contribution in [0.4, 0.5) is 0 Å². The van der Waals surface area contributed by atoms with E-state index in [-0.39, 0.29) is 17.9 Å². The van der Waals surface area contributed by atoms with Crippen molar-refractivity contribution in [1.82, 2.24) is 4.90 Å². The number of halogens is 2. The van der Waals surface area contributed by atoms with Crippen LogP contribution in [-0.2, 0) is 9.59 Å². The van der Waals surface area contributed by atoms with Crippen molar-refractivity contribution in [2.45, 2.75) is 18.3 Å². The molecule has 2 rings (SSSR count). The molecule has 0 radical (unpaired) electrons. The Morgan fingerprint density at radius 1 is 1.48 bits per heavy atom. The Kier molecular flexibility index (Phi) is 5.24. The van der Waals surface area contributed by atoms with Crippen LogP contribution < -0.4 is 4.74 Å². The number of amides is 1. The van der Waals surface area contributed by atoms with Gasteiger partial charge in [-0.15, -0.1) is 11.8 Å². The minimum Gasteiger partial charge on any atom is -0.482 e. The molecule has 0 spiro atoms. The Morgan fingerprint density at radius 3 is 2.81 bits per heavy atom. The van der Waals surface area contributed by atoms with Crippen LogP contribution in [0, 0.1) is 0 Å². The van der Waals surface area contributed by atoms with E-state index in [2.05, 4.69) is 0 Å². The Morgan fingerprint density at radius 2 is 2.19 bits per heavy atom. The van der Waals surface area contributed by atoms with E-state index in [1.165, 1.54) is 22.7 Å². The fourth-order valence-corrected chi connectivity index (χ4v) is 3.67. The van der Waals surface area contributed by atoms with Crippen LogP contribution in [0.1, 0.15) is 6.92 Å². The second kappa shape index (κ2) is 6.77. The first-order valence-electron chi connectivity index (χ1n) is 6.13. The number of carbonyl (C=O) groups excluding carboxylic acids is 1. The number of benzene rings is 1. The molecule has 8 heteroatoms. The van der Waals surface area contributed by atoms with E-state index in [0.717, 1.165) is 0 Å². The zero-order valence-electron chi connectivity index (χ0n) is 11.1. The van der Waals surface area contributed by atoms with Gasteiger partial charge in [0.15, 0.2) is 6.61 Å². The summed E-state index contributed by atoms with van der Waals surface area (Å²) in [6, 6.07) is 3.86. The standard InChI is InChI=1S/C13H13Cl2NO4S/c1-7-16(10(6-21-7)13(18)19)12(17)5-20-11-3-2-8(14)4-9(11)15/h2-4,7,10H,5-6H2,1H3,(H,18,19). The minimum atomic E-state index is -1.01. The second-order valence-electron chi connectivity index (χ2n) is 4.45. The van der Waals surface area contributed by atoms with Crippen molar-refractivity contribution in [2.75, 3.05) is 12.4 Å². The lowest BCUT2D eigenvalue weighted by Crippen LogP contribution is -2.46. The second-order valence-corrected chi connectivity index (χ2v) is 6.64. The summed E-state index contributed by atoms with van der Waals surface area (Å²) in [6.45, 7) is 1.52. The largest absolute Gasteiger partial charge is 0.482 e. The van der Waals surface area contributed by atoms with E-state index in [1.54, 1.807) is 19.1 Å². The highest BCUT2D eigenvalue weighted by atomic mass is 35.5. The van der Waals surface area contributed by atoms with Crippen molar-refractivity contribution in [3.05, 3.63) is 28.2 Å². The number of hydrogen-bond acceptors (Lipinski definition) is 4. The van der Waals surface area contributed by atoms with Crippen LogP contribution in [-0.4, -0.2) is 45.7 Å². The summed E-state index contributed by atoms with van der Waals surface area (Å²) in [4.78, 5) is 24.7. The molecule has 1 aliphatic rings. The third-order valence-electron chi connectivity index (χ3n) is 3.04. The number of carboxylic acids is 1. The number of carbonyl (C=O) groups is 2. The monoisotopic (exact) mass is 349 g/mol. The molecule has 0 saturated carbocycles. The summed E-state index contributed by atoms with van der Waals surface area (Å²) in [5.41, 5.74) is 0. The molecular formula is C13H13Cl2NO4S. The molecule has 2 unspecified atom stereocenters. The average Bonchev–Trinajstić information content (AvgIpc) is 2.79. The van der Waals surface area contributed by atoms with Crippen LogP contribution in [0.5, 0.6) is 5.75 Å². The number of aliphatic carboxylic acids is 1. The Balaban J connectivity index is 2.02. The van der Waals surface area contributed by atoms with Gasteiger partial charge in [-0.2, -0.15) is 0 Å². The number of carboxylic acid groups (broad SMARTS) is 1. The first-order valence-corrected chi connectivity index (χ1v) is 7.94. The summed E-state index contributed by atoms with van der Waals surface area (Å²) in [5, 5.41) is 9.70. The van der Waals surface area contributed by atoms with Gasteiger partial charge in [-0.25, -0.2) is 4.79 Å². The molecule has 1 N–H and O–H groups in total. The quantitative estimate of drug-likeness (QED) is 0.905. The third-order valence-corrected chi connectivity index (χ3v) is 4.79. The SMILES string of the molecule is CC1SCC(C(=O)O)N1C(=O)COc1ccc(Cl)cc1Cl. The molecule has 114 valence electrons. The van der Waals surface area contributed by atoms with Gasteiger partial charge in [-0.1, -0.05) is 23.2 Å². The number of rotatable bonds is 4. The highest BCUT2D eigenvalue weighted by molar-refractivity contribution is 8.00. The first-order chi connectivity index (χ1) is 9.90. The fraction of sp³-hybridized carbons (Fsp3) is 0.385. The molecule has 5 nitrogen and oxygen atoms in total. The maximum atomic E-state index is 12.2. The van der Waals surface area contributed by atoms with E-state index < -0.39 is 12.0 Å². The van der Waals surface area contributed by atoms with Gasteiger partial charge < -0.3 is 14.7 Å². The van der Waals surface area contributed by atoms with Crippen molar-refractivity contribution in [3.63, 3.8) is 0 Å². The van der Waals surface area contributed by atoms with Crippen LogP contribution in [0.15, 0.2) is 18.2 Å². The Labute approximate surface area is 136 Å². The van der Waals surface area contributed by atoms with E-state index in [0.29, 0.717) is 21.5 Å². The highest BCUT2D eigenvalue weighted by Gasteiger charge is 2.39. The molecule has 1 aliphatic heterocycles. The highest BCUT2D eigenvalue weighted by Crippen LogP contribution is 2.30. The maximum absolute atomic E-state index is 12.2. The van der Waals surface area contributed by atoms with Gasteiger partial charge in [0.2, 0.25) is 0 Å². The molecule has 21 heavy (non-hydrogen) atoms. The zero-order valence-corrected chi connectivity index (χ0v) is 13.4. The lowest BCUT2D eigenvalue weighted by molar-refractivity contribution is -0.149. The molecule has 1 aromatic rings. The normalized spacial score (nSPS) is 21.4. The predicted molar refractivity (Wildman–Crippen MR) is 82.1 cm³/mol. The van der Waals surface area contributed by atoms with E-state index in [1.807, 2.05) is 0 Å². The van der Waals surface area contributed by atoms with Gasteiger partial charge in [0.1, 0.15) is 11.8 Å². The van der Waals surface area contributed by atoms with Crippen molar-refractivity contribution >= 4 is 46.8 Å². The Hall–Kier alpha value is -1.11. The molecule has 1 amide bonds. The van der Waals surface area contributed by atoms with Gasteiger partial charge in [0.25, 0.3) is 5.91 Å². The zero-order chi connectivity index (χ0) is 15.6. The van der Waals surface area contributed by atoms with Gasteiger partial charge in [-0.05, 0) is 25.1 Å². The summed E-state index contributed by atoms with van der Waals surface area (Å²) >= 11 is 13.1. The van der Waals surface area contributed by atoms with Gasteiger partial charge in [0.05, 0.1) is 10.4 Å². The fourth-order valence-electron chi connectivity index (χ4n) is 2.02. The smallest absolute Gasteiger partial charge is 0.327 e. The molecule has 1 heterocycles. The summed E-state index contributed by atoms with van der Waals surface area (Å²) in [5.74, 6) is -0.680. The van der Waals surface area contributed by atoms with Crippen LogP contribution in [0.25, 0.3) is 0 Å². The first kappa shape index (κ1) is 16.3. The molecular weight excluding hydrogens is 337 g/mol. The van der Waals surface area contributed by atoms with Crippen LogP contribution in [0.2, 0.25) is 10.0 Å². The number of ether oxygens (including phenoxy) is 1. The molecule has 1 aromatic carbocycles. The van der Waals surface area contributed by atoms with Crippen molar-refractivity contribution in [2.24, 2.45) is 0 Å². The van der Waals surface area contributed by atoms with Gasteiger partial charge >= 0.3 is 5.97 Å². The van der Waals surface area contributed by atoms with E-state index in [9.17, 15) is 9.59 Å². The number of thioether (sulfide) groups is 1. The molecule has 2 atom stereocenters. The van der Waals surface area contributed by atoms with Crippen molar-refractivity contribution < 1.29 is 19.4 Å². The lowest BCUT2D eigenvalue weighted by atomic mass is 10.3. The Bertz CT molecular complexity index is 569. The van der Waals surface area contributed by atoms with E-state index in [4.69, 9.17) is 33.0 Å². The molecule has 1 fully saturated rings. The molecule has 1 saturated heterocycles. The third kappa shape index (κ3) is 3.75. The molecule has 0 bridgehead atoms. The van der Waals surface area contributed by atoms with E-state index >= 15 is 0 Å². The van der Waals surface area contributed by atoms with Crippen molar-refractivity contribution in [1.29, 1.82) is 0 Å². The predicted octanol–water partition coefficient (Wildman–Crippen LogP) is 2.75. The summed E-state index contributed by atoms with van der Waals surface area (Å²) in [6.07, 6.45) is 0. The van der Waals surface area contributed by atoms with Gasteiger partial charge in [-0.3, -0.25) is 4.79 Å².